The molecule has 2 atom stereocenters. The molecule has 1 saturated heterocycles. The van der Waals surface area contributed by atoms with Gasteiger partial charge in [0.1, 0.15) is 23.4 Å². The van der Waals surface area contributed by atoms with Gasteiger partial charge in [0, 0.05) is 25.6 Å². The summed E-state index contributed by atoms with van der Waals surface area (Å²) in [4.78, 5) is 14.4. The average molecular weight is 399 g/mol. The number of methoxy groups -OCH3 is 1. The van der Waals surface area contributed by atoms with Crippen molar-refractivity contribution >= 4 is 5.91 Å². The van der Waals surface area contributed by atoms with Crippen molar-refractivity contribution in [3.05, 3.63) is 53.6 Å². The zero-order valence-electron chi connectivity index (χ0n) is 17.3. The molecule has 0 aliphatic carbocycles. The van der Waals surface area contributed by atoms with Crippen LogP contribution in [0.5, 0.6) is 17.2 Å². The molecule has 2 aromatic rings. The lowest BCUT2D eigenvalue weighted by molar-refractivity contribution is -0.133. The minimum absolute atomic E-state index is 0.0107. The van der Waals surface area contributed by atoms with E-state index in [1.807, 2.05) is 50.2 Å². The number of aliphatic hydroxyl groups excluding tert-OH is 1. The van der Waals surface area contributed by atoms with E-state index in [-0.39, 0.29) is 18.6 Å². The van der Waals surface area contributed by atoms with Crippen molar-refractivity contribution in [2.75, 3.05) is 26.8 Å². The van der Waals surface area contributed by atoms with Crippen LogP contribution < -0.4 is 14.2 Å². The van der Waals surface area contributed by atoms with Crippen molar-refractivity contribution < 1.29 is 24.1 Å². The van der Waals surface area contributed by atoms with E-state index in [4.69, 9.17) is 14.2 Å². The summed E-state index contributed by atoms with van der Waals surface area (Å²) in [6.07, 6.45) is -0.00458. The molecule has 1 aliphatic heterocycles. The van der Waals surface area contributed by atoms with E-state index in [9.17, 15) is 9.90 Å². The predicted molar refractivity (Wildman–Crippen MR) is 111 cm³/mol. The number of para-hydroxylation sites is 1. The second kappa shape index (κ2) is 9.65. The van der Waals surface area contributed by atoms with Gasteiger partial charge < -0.3 is 24.2 Å². The summed E-state index contributed by atoms with van der Waals surface area (Å²) in [6, 6.07) is 13.2. The molecule has 0 bridgehead atoms. The fraction of sp³-hybridized carbons (Fsp3) is 0.435. The van der Waals surface area contributed by atoms with Crippen LogP contribution in [0.25, 0.3) is 0 Å². The minimum Gasteiger partial charge on any atom is -0.497 e. The van der Waals surface area contributed by atoms with Gasteiger partial charge in [0.05, 0.1) is 13.2 Å². The van der Waals surface area contributed by atoms with Crippen molar-refractivity contribution in [3.63, 3.8) is 0 Å². The number of likely N-dealkylation sites (tertiary alicyclic amines) is 1. The van der Waals surface area contributed by atoms with Crippen LogP contribution in [0.3, 0.4) is 0 Å². The number of benzene rings is 2. The van der Waals surface area contributed by atoms with E-state index in [0.717, 1.165) is 16.9 Å². The van der Waals surface area contributed by atoms with Gasteiger partial charge in [-0.3, -0.25) is 4.79 Å². The SMILES string of the molecule is COc1cccc(O[C@H]2CCN(C(=O)COc3c(C)cccc3C)CC[C@@H]2O)c1. The molecule has 29 heavy (non-hydrogen) atoms. The number of hydrogen-bond donors (Lipinski definition) is 1. The lowest BCUT2D eigenvalue weighted by atomic mass is 10.1. The molecule has 0 saturated carbocycles. The fourth-order valence-electron chi connectivity index (χ4n) is 3.55. The molecule has 1 heterocycles. The highest BCUT2D eigenvalue weighted by Gasteiger charge is 2.28. The highest BCUT2D eigenvalue weighted by molar-refractivity contribution is 5.78. The number of ether oxygens (including phenoxy) is 3. The first-order valence-electron chi connectivity index (χ1n) is 9.93. The molecular formula is C23H29NO5. The van der Waals surface area contributed by atoms with Crippen molar-refractivity contribution in [1.29, 1.82) is 0 Å². The Balaban J connectivity index is 1.57. The largest absolute Gasteiger partial charge is 0.497 e. The molecular weight excluding hydrogens is 370 g/mol. The Kier molecular flexibility index (Phi) is 6.99. The van der Waals surface area contributed by atoms with Gasteiger partial charge >= 0.3 is 0 Å². The Morgan fingerprint density at radius 2 is 1.72 bits per heavy atom. The third-order valence-electron chi connectivity index (χ3n) is 5.24. The first-order valence-corrected chi connectivity index (χ1v) is 9.93. The Morgan fingerprint density at radius 1 is 1.07 bits per heavy atom. The molecule has 156 valence electrons. The van der Waals surface area contributed by atoms with Crippen molar-refractivity contribution in [2.45, 2.75) is 38.9 Å². The molecule has 0 aromatic heterocycles. The number of carbonyl (C=O) groups is 1. The summed E-state index contributed by atoms with van der Waals surface area (Å²) in [7, 11) is 1.60. The van der Waals surface area contributed by atoms with Gasteiger partial charge in [-0.15, -0.1) is 0 Å². The minimum atomic E-state index is -0.640. The van der Waals surface area contributed by atoms with Crippen LogP contribution >= 0.6 is 0 Å². The van der Waals surface area contributed by atoms with Crippen LogP contribution in [0, 0.1) is 13.8 Å². The second-order valence-corrected chi connectivity index (χ2v) is 7.37. The monoisotopic (exact) mass is 399 g/mol. The maximum Gasteiger partial charge on any atom is 0.260 e. The molecule has 1 aliphatic rings. The maximum absolute atomic E-state index is 12.7. The van der Waals surface area contributed by atoms with Crippen LogP contribution in [0.15, 0.2) is 42.5 Å². The van der Waals surface area contributed by atoms with Crippen LogP contribution in [0.4, 0.5) is 0 Å². The summed E-state index contributed by atoms with van der Waals surface area (Å²) in [5, 5.41) is 10.5. The number of rotatable bonds is 6. The van der Waals surface area contributed by atoms with Crippen LogP contribution in [-0.2, 0) is 4.79 Å². The normalized spacial score (nSPS) is 19.4. The summed E-state index contributed by atoms with van der Waals surface area (Å²) >= 11 is 0. The van der Waals surface area contributed by atoms with Gasteiger partial charge in [-0.25, -0.2) is 0 Å². The van der Waals surface area contributed by atoms with Crippen LogP contribution in [0.1, 0.15) is 24.0 Å². The van der Waals surface area contributed by atoms with Gasteiger partial charge in [-0.2, -0.15) is 0 Å². The van der Waals surface area contributed by atoms with Gasteiger partial charge in [0.15, 0.2) is 6.61 Å². The van der Waals surface area contributed by atoms with E-state index in [1.54, 1.807) is 18.1 Å². The smallest absolute Gasteiger partial charge is 0.260 e. The summed E-state index contributed by atoms with van der Waals surface area (Å²) in [6.45, 7) is 4.92. The number of aliphatic hydroxyl groups is 1. The number of aryl methyl sites for hydroxylation is 2. The highest BCUT2D eigenvalue weighted by Crippen LogP contribution is 2.25. The van der Waals surface area contributed by atoms with Crippen LogP contribution in [0.2, 0.25) is 0 Å². The molecule has 1 N–H and O–H groups in total. The molecule has 1 fully saturated rings. The van der Waals surface area contributed by atoms with E-state index in [1.165, 1.54) is 0 Å². The summed E-state index contributed by atoms with van der Waals surface area (Å²) in [5.74, 6) is 2.02. The molecule has 0 radical (unpaired) electrons. The summed E-state index contributed by atoms with van der Waals surface area (Å²) < 4.78 is 17.0. The Morgan fingerprint density at radius 3 is 2.45 bits per heavy atom. The van der Waals surface area contributed by atoms with E-state index < -0.39 is 6.10 Å². The average Bonchev–Trinajstić information content (AvgIpc) is 2.89. The van der Waals surface area contributed by atoms with Crippen molar-refractivity contribution in [1.82, 2.24) is 4.90 Å². The third-order valence-corrected chi connectivity index (χ3v) is 5.24. The maximum atomic E-state index is 12.7. The zero-order chi connectivity index (χ0) is 20.8. The quantitative estimate of drug-likeness (QED) is 0.808. The molecule has 0 unspecified atom stereocenters. The molecule has 2 aromatic carbocycles. The summed E-state index contributed by atoms with van der Waals surface area (Å²) in [5.41, 5.74) is 2.02. The lowest BCUT2D eigenvalue weighted by Gasteiger charge is -2.22. The highest BCUT2D eigenvalue weighted by atomic mass is 16.5. The van der Waals surface area contributed by atoms with E-state index in [0.29, 0.717) is 37.4 Å². The molecule has 6 heteroatoms. The number of carbonyl (C=O) groups excluding carboxylic acids is 1. The molecule has 3 rings (SSSR count). The number of hydrogen-bond acceptors (Lipinski definition) is 5. The van der Waals surface area contributed by atoms with Gasteiger partial charge in [-0.05, 0) is 43.5 Å². The standard InChI is InChI=1S/C23H29NO5/c1-16-6-4-7-17(2)23(16)28-15-22(26)24-12-10-20(25)21(11-13-24)29-19-9-5-8-18(14-19)27-3/h4-9,14,20-21,25H,10-13,15H2,1-3H3/t20-,21-/m0/s1. The van der Waals surface area contributed by atoms with Crippen molar-refractivity contribution in [3.8, 4) is 17.2 Å². The second-order valence-electron chi connectivity index (χ2n) is 7.37. The predicted octanol–water partition coefficient (Wildman–Crippen LogP) is 3.12. The van der Waals surface area contributed by atoms with Gasteiger partial charge in [0.25, 0.3) is 5.91 Å². The van der Waals surface area contributed by atoms with Gasteiger partial charge in [0.2, 0.25) is 0 Å². The third kappa shape index (κ3) is 5.41. The Bertz CT molecular complexity index is 818. The zero-order valence-corrected chi connectivity index (χ0v) is 17.3. The van der Waals surface area contributed by atoms with E-state index in [2.05, 4.69) is 0 Å². The molecule has 6 nitrogen and oxygen atoms in total. The van der Waals surface area contributed by atoms with Crippen molar-refractivity contribution in [2.24, 2.45) is 0 Å². The topological polar surface area (TPSA) is 68.2 Å². The fourth-order valence-corrected chi connectivity index (χ4v) is 3.55. The van der Waals surface area contributed by atoms with Crippen LogP contribution in [-0.4, -0.2) is 54.9 Å². The lowest BCUT2D eigenvalue weighted by Crippen LogP contribution is -2.36. The Hall–Kier alpha value is -2.73. The molecule has 0 spiro atoms. The van der Waals surface area contributed by atoms with E-state index >= 15 is 0 Å². The first kappa shape index (κ1) is 21.0. The Labute approximate surface area is 172 Å². The number of nitrogens with zero attached hydrogens (tertiary/aromatic N) is 1. The molecule has 1 amide bonds. The first-order chi connectivity index (χ1) is 14.0. The number of amides is 1. The van der Waals surface area contributed by atoms with Gasteiger partial charge in [-0.1, -0.05) is 24.3 Å².